The van der Waals surface area contributed by atoms with Gasteiger partial charge in [0.25, 0.3) is 11.9 Å². The van der Waals surface area contributed by atoms with Crippen LogP contribution in [0, 0.1) is 5.92 Å². The molecular formula is C19H30N8O4. The van der Waals surface area contributed by atoms with Crippen molar-refractivity contribution in [3.63, 3.8) is 0 Å². The first-order chi connectivity index (χ1) is 14.9. The van der Waals surface area contributed by atoms with Crippen LogP contribution in [0.4, 0.5) is 11.8 Å². The van der Waals surface area contributed by atoms with Gasteiger partial charge in [-0.1, -0.05) is 13.8 Å². The van der Waals surface area contributed by atoms with Crippen molar-refractivity contribution in [1.29, 1.82) is 0 Å². The maximum atomic E-state index is 12.2. The van der Waals surface area contributed by atoms with E-state index in [-0.39, 0.29) is 5.95 Å². The molecule has 31 heavy (non-hydrogen) atoms. The molecule has 0 bridgehead atoms. The van der Waals surface area contributed by atoms with Crippen LogP contribution in [0.3, 0.4) is 0 Å². The van der Waals surface area contributed by atoms with Crippen LogP contribution < -0.4 is 10.6 Å². The Hall–Kier alpha value is -2.70. The number of imidazole rings is 1. The third-order valence-corrected chi connectivity index (χ3v) is 4.84. The second-order valence-corrected chi connectivity index (χ2v) is 7.70. The van der Waals surface area contributed by atoms with Crippen molar-refractivity contribution in [3.05, 3.63) is 6.33 Å². The molecule has 4 atom stereocenters. The number of ether oxygens (including phenoxy) is 1. The van der Waals surface area contributed by atoms with Gasteiger partial charge >= 0.3 is 0 Å². The van der Waals surface area contributed by atoms with Crippen molar-refractivity contribution >= 4 is 28.8 Å². The lowest BCUT2D eigenvalue weighted by Gasteiger charge is -2.16. The Kier molecular flexibility index (Phi) is 7.46. The maximum absolute atomic E-state index is 12.2. The zero-order valence-corrected chi connectivity index (χ0v) is 18.2. The van der Waals surface area contributed by atoms with Crippen LogP contribution in [0.25, 0.3) is 11.2 Å². The van der Waals surface area contributed by atoms with Gasteiger partial charge in [-0.2, -0.15) is 15.1 Å². The summed E-state index contributed by atoms with van der Waals surface area (Å²) in [5.41, 5.74) is 0.797. The molecule has 12 nitrogen and oxygen atoms in total. The Bertz CT molecular complexity index is 931. The first-order valence-corrected chi connectivity index (χ1v) is 10.5. The average molecular weight is 435 g/mol. The molecule has 0 aromatic carbocycles. The zero-order chi connectivity index (χ0) is 22.5. The number of hydrogen-bond donors (Lipinski definition) is 4. The monoisotopic (exact) mass is 434 g/mol. The number of aromatic nitrogens is 4. The van der Waals surface area contributed by atoms with Crippen LogP contribution in [-0.4, -0.2) is 73.6 Å². The summed E-state index contributed by atoms with van der Waals surface area (Å²) in [7, 11) is 0. The topological polar surface area (TPSA) is 159 Å². The van der Waals surface area contributed by atoms with E-state index in [1.165, 1.54) is 10.9 Å². The van der Waals surface area contributed by atoms with Crippen molar-refractivity contribution in [1.82, 2.24) is 24.8 Å². The largest absolute Gasteiger partial charge is 0.387 e. The Morgan fingerprint density at radius 2 is 2.03 bits per heavy atom. The molecule has 170 valence electrons. The van der Waals surface area contributed by atoms with Gasteiger partial charge in [0.2, 0.25) is 0 Å². The Labute approximate surface area is 180 Å². The summed E-state index contributed by atoms with van der Waals surface area (Å²) in [5.74, 6) is 0.620. The number of rotatable bonds is 9. The number of amides is 1. The van der Waals surface area contributed by atoms with Crippen LogP contribution in [0.2, 0.25) is 0 Å². The van der Waals surface area contributed by atoms with Gasteiger partial charge in [-0.25, -0.2) is 4.98 Å². The number of anilines is 1. The van der Waals surface area contributed by atoms with Crippen molar-refractivity contribution in [3.8, 4) is 0 Å². The molecule has 1 aliphatic heterocycles. The molecule has 1 amide bonds. The molecular weight excluding hydrogens is 404 g/mol. The SMILES string of the molecule is CCNC(=O)[C@H]1O[C@@H](n2cnc3c(NCC)nc(N=NCCC(C)C)nc32)[C@H](O)[C@@H]1O. The second-order valence-electron chi connectivity index (χ2n) is 7.70. The Morgan fingerprint density at radius 1 is 1.26 bits per heavy atom. The molecule has 1 fully saturated rings. The van der Waals surface area contributed by atoms with Gasteiger partial charge in [0, 0.05) is 13.1 Å². The third kappa shape index (κ3) is 4.97. The normalized spacial score (nSPS) is 23.8. The minimum Gasteiger partial charge on any atom is -0.387 e. The highest BCUT2D eigenvalue weighted by atomic mass is 16.6. The number of hydrogen-bond acceptors (Lipinski definition) is 10. The van der Waals surface area contributed by atoms with Crippen molar-refractivity contribution in [2.45, 2.75) is 58.7 Å². The summed E-state index contributed by atoms with van der Waals surface area (Å²) in [5, 5.41) is 34.9. The first-order valence-electron chi connectivity index (χ1n) is 10.5. The maximum Gasteiger partial charge on any atom is 0.272 e. The lowest BCUT2D eigenvalue weighted by molar-refractivity contribution is -0.137. The number of aliphatic hydroxyl groups is 2. The summed E-state index contributed by atoms with van der Waals surface area (Å²) >= 11 is 0. The molecule has 4 N–H and O–H groups in total. The lowest BCUT2D eigenvalue weighted by Crippen LogP contribution is -2.42. The zero-order valence-electron chi connectivity index (χ0n) is 18.2. The van der Waals surface area contributed by atoms with Crippen LogP contribution in [-0.2, 0) is 9.53 Å². The van der Waals surface area contributed by atoms with E-state index in [1.807, 2.05) is 6.92 Å². The smallest absolute Gasteiger partial charge is 0.272 e. The number of azo groups is 1. The fourth-order valence-electron chi connectivity index (χ4n) is 3.24. The van der Waals surface area contributed by atoms with Gasteiger partial charge < -0.3 is 25.6 Å². The molecule has 0 aliphatic carbocycles. The summed E-state index contributed by atoms with van der Waals surface area (Å²) in [6.45, 7) is 9.43. The van der Waals surface area contributed by atoms with E-state index in [0.717, 1.165) is 6.42 Å². The van der Waals surface area contributed by atoms with E-state index in [0.29, 0.717) is 42.5 Å². The van der Waals surface area contributed by atoms with Crippen LogP contribution >= 0.6 is 0 Å². The highest BCUT2D eigenvalue weighted by Crippen LogP contribution is 2.33. The van der Waals surface area contributed by atoms with Gasteiger partial charge in [0.15, 0.2) is 29.3 Å². The standard InChI is InChI=1S/C19H30N8O4/c1-5-20-15-11-16(25-19(24-15)26-23-8-7-10(3)4)27(9-22-11)18-13(29)12(28)14(31-18)17(30)21-6-2/h9-10,12-14,18,28-29H,5-8H2,1-4H3,(H,21,30)(H,20,24,25)/t12-,13+,14-,18+/m0/s1. The van der Waals surface area contributed by atoms with Crippen molar-refractivity contribution in [2.24, 2.45) is 16.1 Å². The van der Waals surface area contributed by atoms with E-state index < -0.39 is 30.4 Å². The van der Waals surface area contributed by atoms with E-state index >= 15 is 0 Å². The number of fused-ring (bicyclic) bond motifs is 1. The third-order valence-electron chi connectivity index (χ3n) is 4.84. The average Bonchev–Trinajstić information content (AvgIpc) is 3.27. The van der Waals surface area contributed by atoms with Gasteiger partial charge in [0.1, 0.15) is 12.2 Å². The molecule has 1 aliphatic rings. The molecule has 1 saturated heterocycles. The van der Waals surface area contributed by atoms with Gasteiger partial charge in [0.05, 0.1) is 12.9 Å². The summed E-state index contributed by atoms with van der Waals surface area (Å²) in [6.07, 6.45) is -2.67. The molecule has 0 unspecified atom stereocenters. The highest BCUT2D eigenvalue weighted by molar-refractivity contribution is 5.84. The predicted molar refractivity (Wildman–Crippen MR) is 113 cm³/mol. The summed E-state index contributed by atoms with van der Waals surface area (Å²) < 4.78 is 7.16. The number of nitrogens with one attached hydrogen (secondary N) is 2. The van der Waals surface area contributed by atoms with Crippen LogP contribution in [0.15, 0.2) is 16.6 Å². The molecule has 0 spiro atoms. The van der Waals surface area contributed by atoms with Crippen LogP contribution in [0.5, 0.6) is 0 Å². The quantitative estimate of drug-likeness (QED) is 0.428. The lowest BCUT2D eigenvalue weighted by atomic mass is 10.1. The van der Waals surface area contributed by atoms with E-state index in [9.17, 15) is 15.0 Å². The molecule has 3 rings (SSSR count). The molecule has 2 aromatic rings. The number of nitrogens with zero attached hydrogens (tertiary/aromatic N) is 6. The minimum atomic E-state index is -1.39. The van der Waals surface area contributed by atoms with E-state index in [4.69, 9.17) is 4.74 Å². The minimum absolute atomic E-state index is 0.141. The Morgan fingerprint density at radius 3 is 2.71 bits per heavy atom. The molecule has 0 radical (unpaired) electrons. The van der Waals surface area contributed by atoms with E-state index in [2.05, 4.69) is 49.7 Å². The van der Waals surface area contributed by atoms with E-state index in [1.54, 1.807) is 6.92 Å². The fraction of sp³-hybridized carbons (Fsp3) is 0.684. The predicted octanol–water partition coefficient (Wildman–Crippen LogP) is 1.14. The number of aliphatic hydroxyl groups excluding tert-OH is 2. The first kappa shape index (κ1) is 23.0. The van der Waals surface area contributed by atoms with Crippen LogP contribution in [0.1, 0.15) is 40.3 Å². The van der Waals surface area contributed by atoms with Crippen molar-refractivity contribution < 1.29 is 19.7 Å². The second kappa shape index (κ2) is 10.1. The molecule has 12 heteroatoms. The Balaban J connectivity index is 1.94. The van der Waals surface area contributed by atoms with Gasteiger partial charge in [-0.05, 0) is 26.2 Å². The number of likely N-dealkylation sites (N-methyl/N-ethyl adjacent to an activating group) is 1. The summed E-state index contributed by atoms with van der Waals surface area (Å²) in [6, 6.07) is 0. The molecule has 0 saturated carbocycles. The summed E-state index contributed by atoms with van der Waals surface area (Å²) in [4.78, 5) is 25.3. The molecule has 2 aromatic heterocycles. The number of carbonyl (C=O) groups is 1. The van der Waals surface area contributed by atoms with Gasteiger partial charge in [-0.15, -0.1) is 5.11 Å². The highest BCUT2D eigenvalue weighted by Gasteiger charge is 2.47. The van der Waals surface area contributed by atoms with Crippen molar-refractivity contribution in [2.75, 3.05) is 25.0 Å². The molecule has 3 heterocycles. The number of carbonyl (C=O) groups excluding carboxylic acids is 1. The fourth-order valence-corrected chi connectivity index (χ4v) is 3.24. The van der Waals surface area contributed by atoms with Gasteiger partial charge in [-0.3, -0.25) is 9.36 Å².